The number of aryl methyl sites for hydroxylation is 1. The van der Waals surface area contributed by atoms with Crippen LogP contribution in [0.5, 0.6) is 5.75 Å². The zero-order valence-corrected chi connectivity index (χ0v) is 8.25. The topological polar surface area (TPSA) is 40.5 Å². The van der Waals surface area contributed by atoms with Crippen LogP contribution < -0.4 is 0 Å². The first kappa shape index (κ1) is 10.4. The van der Waals surface area contributed by atoms with E-state index < -0.39 is 0 Å². The molecule has 0 fully saturated rings. The minimum atomic E-state index is -0.299. The van der Waals surface area contributed by atoms with E-state index in [0.717, 1.165) is 12.0 Å². The van der Waals surface area contributed by atoms with Crippen molar-refractivity contribution >= 4 is 11.6 Å². The average Bonchev–Trinajstić information content (AvgIpc) is 2.07. The Labute approximate surface area is 82.8 Å². The Hall–Kier alpha value is -0.730. The summed E-state index contributed by atoms with van der Waals surface area (Å²) in [6.45, 7) is 1.75. The number of benzene rings is 1. The van der Waals surface area contributed by atoms with Gasteiger partial charge in [-0.05, 0) is 37.5 Å². The van der Waals surface area contributed by atoms with E-state index in [0.29, 0.717) is 11.4 Å². The van der Waals surface area contributed by atoms with Gasteiger partial charge in [0.05, 0.1) is 11.1 Å². The van der Waals surface area contributed by atoms with Crippen LogP contribution in [0, 0.1) is 0 Å². The van der Waals surface area contributed by atoms with Gasteiger partial charge >= 0.3 is 0 Å². The lowest BCUT2D eigenvalue weighted by Crippen LogP contribution is -2.01. The SMILES string of the molecule is CC(O)CCc1ccc(O)c(Cl)c1. The molecule has 0 aliphatic rings. The Morgan fingerprint density at radius 3 is 2.69 bits per heavy atom. The third-order valence-corrected chi connectivity index (χ3v) is 2.17. The number of aliphatic hydroxyl groups is 1. The molecular weight excluding hydrogens is 188 g/mol. The maximum absolute atomic E-state index is 9.14. The number of hydrogen-bond acceptors (Lipinski definition) is 2. The van der Waals surface area contributed by atoms with Crippen LogP contribution in [0.1, 0.15) is 18.9 Å². The lowest BCUT2D eigenvalue weighted by molar-refractivity contribution is 0.185. The maximum Gasteiger partial charge on any atom is 0.134 e. The van der Waals surface area contributed by atoms with Gasteiger partial charge in [0.2, 0.25) is 0 Å². The molecule has 2 nitrogen and oxygen atoms in total. The molecule has 0 radical (unpaired) electrons. The van der Waals surface area contributed by atoms with Crippen molar-refractivity contribution < 1.29 is 10.2 Å². The predicted molar refractivity (Wildman–Crippen MR) is 53.1 cm³/mol. The van der Waals surface area contributed by atoms with Gasteiger partial charge in [0.15, 0.2) is 0 Å². The monoisotopic (exact) mass is 200 g/mol. The fourth-order valence-corrected chi connectivity index (χ4v) is 1.28. The van der Waals surface area contributed by atoms with Gasteiger partial charge in [0, 0.05) is 0 Å². The highest BCUT2D eigenvalue weighted by Crippen LogP contribution is 2.24. The Morgan fingerprint density at radius 2 is 2.15 bits per heavy atom. The van der Waals surface area contributed by atoms with Crippen LogP contribution in [0.2, 0.25) is 5.02 Å². The quantitative estimate of drug-likeness (QED) is 0.787. The predicted octanol–water partition coefficient (Wildman–Crippen LogP) is 2.36. The molecule has 1 rings (SSSR count). The van der Waals surface area contributed by atoms with Crippen molar-refractivity contribution in [3.8, 4) is 5.75 Å². The Kier molecular flexibility index (Phi) is 3.58. The van der Waals surface area contributed by atoms with Crippen LogP contribution >= 0.6 is 11.6 Å². The van der Waals surface area contributed by atoms with E-state index in [2.05, 4.69) is 0 Å². The van der Waals surface area contributed by atoms with Gasteiger partial charge in [0.1, 0.15) is 5.75 Å². The van der Waals surface area contributed by atoms with Crippen molar-refractivity contribution in [2.75, 3.05) is 0 Å². The van der Waals surface area contributed by atoms with Crippen molar-refractivity contribution in [3.63, 3.8) is 0 Å². The van der Waals surface area contributed by atoms with Gasteiger partial charge < -0.3 is 10.2 Å². The molecule has 0 saturated heterocycles. The van der Waals surface area contributed by atoms with Gasteiger partial charge in [-0.1, -0.05) is 17.7 Å². The summed E-state index contributed by atoms with van der Waals surface area (Å²) < 4.78 is 0. The summed E-state index contributed by atoms with van der Waals surface area (Å²) in [6, 6.07) is 5.10. The lowest BCUT2D eigenvalue weighted by Gasteiger charge is -2.05. The van der Waals surface area contributed by atoms with Crippen LogP contribution in [0.25, 0.3) is 0 Å². The number of rotatable bonds is 3. The van der Waals surface area contributed by atoms with E-state index in [1.165, 1.54) is 0 Å². The van der Waals surface area contributed by atoms with Gasteiger partial charge in [0.25, 0.3) is 0 Å². The van der Waals surface area contributed by atoms with Crippen molar-refractivity contribution in [2.45, 2.75) is 25.9 Å². The van der Waals surface area contributed by atoms with Crippen molar-refractivity contribution in [1.82, 2.24) is 0 Å². The van der Waals surface area contributed by atoms with Gasteiger partial charge in [-0.25, -0.2) is 0 Å². The standard InChI is InChI=1S/C10H13ClO2/c1-7(12)2-3-8-4-5-10(13)9(11)6-8/h4-7,12-13H,2-3H2,1H3. The normalized spacial score (nSPS) is 12.8. The van der Waals surface area contributed by atoms with Crippen LogP contribution in [-0.4, -0.2) is 16.3 Å². The molecule has 0 aliphatic heterocycles. The number of halogens is 1. The largest absolute Gasteiger partial charge is 0.506 e. The molecule has 3 heteroatoms. The first-order valence-electron chi connectivity index (χ1n) is 4.25. The Bertz CT molecular complexity index is 284. The molecule has 0 aliphatic carbocycles. The summed E-state index contributed by atoms with van der Waals surface area (Å²) in [5.74, 6) is 0.0995. The summed E-state index contributed by atoms with van der Waals surface area (Å²) in [6.07, 6.45) is 1.19. The second-order valence-corrected chi connectivity index (χ2v) is 3.58. The molecule has 0 spiro atoms. The van der Waals surface area contributed by atoms with E-state index in [9.17, 15) is 0 Å². The number of phenols is 1. The highest BCUT2D eigenvalue weighted by atomic mass is 35.5. The van der Waals surface area contributed by atoms with Crippen LogP contribution in [0.15, 0.2) is 18.2 Å². The highest BCUT2D eigenvalue weighted by molar-refractivity contribution is 6.32. The van der Waals surface area contributed by atoms with Gasteiger partial charge in [-0.3, -0.25) is 0 Å². The highest BCUT2D eigenvalue weighted by Gasteiger charge is 2.01. The number of aromatic hydroxyl groups is 1. The minimum Gasteiger partial charge on any atom is -0.506 e. The molecule has 1 atom stereocenters. The first-order valence-corrected chi connectivity index (χ1v) is 4.63. The summed E-state index contributed by atoms with van der Waals surface area (Å²) in [5, 5.41) is 18.6. The molecule has 13 heavy (non-hydrogen) atoms. The van der Waals surface area contributed by atoms with Gasteiger partial charge in [-0.15, -0.1) is 0 Å². The molecule has 1 aromatic rings. The molecular formula is C10H13ClO2. The maximum atomic E-state index is 9.14. The fourth-order valence-electron chi connectivity index (χ4n) is 1.08. The number of aliphatic hydroxyl groups excluding tert-OH is 1. The third-order valence-electron chi connectivity index (χ3n) is 1.86. The minimum absolute atomic E-state index is 0.0995. The van der Waals surface area contributed by atoms with Crippen LogP contribution in [0.3, 0.4) is 0 Å². The summed E-state index contributed by atoms with van der Waals surface area (Å²) >= 11 is 5.72. The zero-order chi connectivity index (χ0) is 9.84. The van der Waals surface area contributed by atoms with Crippen LogP contribution in [0.4, 0.5) is 0 Å². The second kappa shape index (κ2) is 4.49. The molecule has 0 amide bonds. The second-order valence-electron chi connectivity index (χ2n) is 3.17. The first-order chi connectivity index (χ1) is 6.09. The van der Waals surface area contributed by atoms with E-state index in [4.69, 9.17) is 21.8 Å². The Balaban J connectivity index is 2.63. The lowest BCUT2D eigenvalue weighted by atomic mass is 10.1. The number of hydrogen-bond donors (Lipinski definition) is 2. The van der Waals surface area contributed by atoms with E-state index >= 15 is 0 Å². The fraction of sp³-hybridized carbons (Fsp3) is 0.400. The third kappa shape index (κ3) is 3.25. The molecule has 1 aromatic carbocycles. The van der Waals surface area contributed by atoms with Crippen molar-refractivity contribution in [2.24, 2.45) is 0 Å². The zero-order valence-electron chi connectivity index (χ0n) is 7.50. The molecule has 0 heterocycles. The summed E-state index contributed by atoms with van der Waals surface area (Å²) in [4.78, 5) is 0. The van der Waals surface area contributed by atoms with Gasteiger partial charge in [-0.2, -0.15) is 0 Å². The van der Waals surface area contributed by atoms with Crippen molar-refractivity contribution in [3.05, 3.63) is 28.8 Å². The van der Waals surface area contributed by atoms with E-state index in [1.807, 2.05) is 6.07 Å². The smallest absolute Gasteiger partial charge is 0.134 e. The Morgan fingerprint density at radius 1 is 1.46 bits per heavy atom. The molecule has 1 unspecified atom stereocenters. The van der Waals surface area contributed by atoms with E-state index in [-0.39, 0.29) is 11.9 Å². The molecule has 2 N–H and O–H groups in total. The number of phenolic OH excluding ortho intramolecular Hbond substituents is 1. The van der Waals surface area contributed by atoms with Crippen molar-refractivity contribution in [1.29, 1.82) is 0 Å². The average molecular weight is 201 g/mol. The molecule has 0 aromatic heterocycles. The summed E-state index contributed by atoms with van der Waals surface area (Å²) in [7, 11) is 0. The molecule has 0 saturated carbocycles. The summed E-state index contributed by atoms with van der Waals surface area (Å²) in [5.41, 5.74) is 1.03. The molecule has 0 bridgehead atoms. The van der Waals surface area contributed by atoms with E-state index in [1.54, 1.807) is 19.1 Å². The van der Waals surface area contributed by atoms with Crippen LogP contribution in [-0.2, 0) is 6.42 Å². The molecule has 72 valence electrons.